The summed E-state index contributed by atoms with van der Waals surface area (Å²) in [5, 5.41) is 17.5. The van der Waals surface area contributed by atoms with Crippen molar-refractivity contribution in [3.63, 3.8) is 0 Å². The first-order chi connectivity index (χ1) is 34.4. The Balaban J connectivity index is 0.780. The van der Waals surface area contributed by atoms with E-state index >= 15 is 0 Å². The summed E-state index contributed by atoms with van der Waals surface area (Å²) < 4.78 is 11.9. The number of thiazole rings is 1. The van der Waals surface area contributed by atoms with Gasteiger partial charge in [0.15, 0.2) is 0 Å². The number of likely N-dealkylation sites (tertiary alicyclic amines) is 1. The van der Waals surface area contributed by atoms with Crippen molar-refractivity contribution in [1.29, 1.82) is 0 Å². The highest BCUT2D eigenvalue weighted by Crippen LogP contribution is 2.39. The molecule has 3 aromatic carbocycles. The fraction of sp³-hybridized carbons (Fsp3) is 0.534. The number of fused-ring (bicyclic) bond motifs is 1. The van der Waals surface area contributed by atoms with E-state index in [9.17, 15) is 24.3 Å². The molecule has 2 fully saturated rings. The minimum Gasteiger partial charge on any atom is -0.494 e. The molecular weight excluding hydrogens is 925 g/mol. The Morgan fingerprint density at radius 2 is 1.50 bits per heavy atom. The van der Waals surface area contributed by atoms with Gasteiger partial charge in [-0.1, -0.05) is 109 Å². The largest absolute Gasteiger partial charge is 0.494 e. The molecule has 72 heavy (non-hydrogen) atoms. The molecule has 3 atom stereocenters. The molecule has 1 saturated carbocycles. The van der Waals surface area contributed by atoms with Crippen LogP contribution >= 0.6 is 11.3 Å². The number of carbonyl (C=O) groups is 4. The molecule has 0 radical (unpaired) electrons. The molecule has 0 spiro atoms. The van der Waals surface area contributed by atoms with Crippen LogP contribution in [0.3, 0.4) is 0 Å². The molecule has 2 aliphatic rings. The monoisotopic (exact) mass is 1000 g/mol. The molecular formula is C58H76N6O7S. The molecule has 2 aromatic heterocycles. The standard InChI is InChI=1S/C58H76N6O7S/c1-38-52(72-37-62-38)41-24-22-39(23-25-41)34-59-54(67)49-32-43(65)35-64(49)55(68)53(57(2,3)4)63-50(66)21-15-13-11-9-8-10-12-14-18-30-70-44-27-29-46-48(33-44)60-36-61-51(46)42-26-28-45(56(69)71-58(5,6)7)47(31-42)40-19-16-17-20-40/h22-29,31,33,36-37,40,43,49,53,65H,8-21,30,32,34-35H2,1-7H3,(H,59,67)(H,63,66)/t43-,49+,53-/m1/s1. The third-order valence-electron chi connectivity index (χ3n) is 13.9. The number of hydrogen-bond acceptors (Lipinski definition) is 11. The van der Waals surface area contributed by atoms with E-state index < -0.39 is 29.2 Å². The molecule has 3 amide bonds. The number of ether oxygens (including phenoxy) is 2. The number of aromatic nitrogens is 3. The maximum atomic E-state index is 14.0. The second kappa shape index (κ2) is 24.8. The molecule has 0 unspecified atom stereocenters. The van der Waals surface area contributed by atoms with Crippen LogP contribution in [0.25, 0.3) is 32.6 Å². The number of unbranched alkanes of at least 4 members (excludes halogenated alkanes) is 8. The molecule has 3 N–H and O–H groups in total. The number of aliphatic hydroxyl groups is 1. The van der Waals surface area contributed by atoms with Crippen molar-refractivity contribution >= 4 is 45.9 Å². The normalized spacial score (nSPS) is 16.8. The fourth-order valence-electron chi connectivity index (χ4n) is 9.99. The van der Waals surface area contributed by atoms with Crippen LogP contribution in [0.5, 0.6) is 5.75 Å². The summed E-state index contributed by atoms with van der Waals surface area (Å²) in [5.74, 6) is -0.0245. The molecule has 1 aliphatic carbocycles. The van der Waals surface area contributed by atoms with E-state index in [4.69, 9.17) is 14.5 Å². The van der Waals surface area contributed by atoms with Gasteiger partial charge in [0.25, 0.3) is 0 Å². The number of nitrogens with one attached hydrogen (secondary N) is 2. The first kappa shape index (κ1) is 54.1. The van der Waals surface area contributed by atoms with Gasteiger partial charge in [-0.3, -0.25) is 14.4 Å². The van der Waals surface area contributed by atoms with Crippen molar-refractivity contribution in [2.45, 2.75) is 181 Å². The third kappa shape index (κ3) is 14.7. The smallest absolute Gasteiger partial charge is 0.338 e. The van der Waals surface area contributed by atoms with Crippen molar-refractivity contribution in [1.82, 2.24) is 30.5 Å². The number of hydrogen-bond donors (Lipinski definition) is 3. The topological polar surface area (TPSA) is 173 Å². The first-order valence-corrected chi connectivity index (χ1v) is 27.1. The number of aliphatic hydroxyl groups excluding tert-OH is 1. The fourth-order valence-corrected chi connectivity index (χ4v) is 10.8. The summed E-state index contributed by atoms with van der Waals surface area (Å²) in [4.78, 5) is 70.1. The molecule has 386 valence electrons. The Hall–Kier alpha value is -5.73. The van der Waals surface area contributed by atoms with Crippen molar-refractivity contribution in [2.75, 3.05) is 13.2 Å². The zero-order valence-corrected chi connectivity index (χ0v) is 44.4. The number of benzene rings is 3. The number of esters is 1. The maximum absolute atomic E-state index is 14.0. The maximum Gasteiger partial charge on any atom is 0.338 e. The second-order valence-corrected chi connectivity index (χ2v) is 22.8. The minimum atomic E-state index is -0.839. The summed E-state index contributed by atoms with van der Waals surface area (Å²) in [6.45, 7) is 14.3. The van der Waals surface area contributed by atoms with Crippen molar-refractivity contribution in [2.24, 2.45) is 5.41 Å². The number of carbonyl (C=O) groups excluding carboxylic acids is 4. The van der Waals surface area contributed by atoms with Crippen molar-refractivity contribution in [3.05, 3.63) is 94.9 Å². The number of nitrogens with zero attached hydrogens (tertiary/aromatic N) is 4. The van der Waals surface area contributed by atoms with E-state index in [1.165, 1.54) is 4.90 Å². The van der Waals surface area contributed by atoms with E-state index in [-0.39, 0.29) is 43.2 Å². The van der Waals surface area contributed by atoms with Gasteiger partial charge in [-0.15, -0.1) is 11.3 Å². The molecule has 13 nitrogen and oxygen atoms in total. The predicted octanol–water partition coefficient (Wildman–Crippen LogP) is 11.4. The van der Waals surface area contributed by atoms with Gasteiger partial charge in [-0.25, -0.2) is 19.7 Å². The zero-order chi connectivity index (χ0) is 51.4. The highest BCUT2D eigenvalue weighted by molar-refractivity contribution is 7.13. The van der Waals surface area contributed by atoms with Crippen molar-refractivity contribution in [3.8, 4) is 27.4 Å². The van der Waals surface area contributed by atoms with Crippen LogP contribution < -0.4 is 15.4 Å². The number of β-amino-alcohol motifs (C(OH)–C–C–N with tert-alkyl or cyclic N) is 1. The molecule has 1 saturated heterocycles. The van der Waals surface area contributed by atoms with Gasteiger partial charge in [0.05, 0.1) is 45.6 Å². The van der Waals surface area contributed by atoms with E-state index in [1.807, 2.05) is 109 Å². The van der Waals surface area contributed by atoms with Crippen LogP contribution in [-0.2, 0) is 25.7 Å². The molecule has 14 heteroatoms. The van der Waals surface area contributed by atoms with Crippen molar-refractivity contribution < 1.29 is 33.8 Å². The summed E-state index contributed by atoms with van der Waals surface area (Å²) >= 11 is 1.59. The Morgan fingerprint density at radius 3 is 2.17 bits per heavy atom. The van der Waals surface area contributed by atoms with Crippen LogP contribution in [0.2, 0.25) is 0 Å². The number of aryl methyl sites for hydroxylation is 1. The van der Waals surface area contributed by atoms with Crippen LogP contribution in [0.15, 0.2) is 72.5 Å². The quantitative estimate of drug-likeness (QED) is 0.0447. The van der Waals surface area contributed by atoms with E-state index in [1.54, 1.807) is 17.7 Å². The molecule has 0 bridgehead atoms. The molecule has 3 heterocycles. The van der Waals surface area contributed by atoms with Gasteiger partial charge in [0.2, 0.25) is 17.7 Å². The Kier molecular flexibility index (Phi) is 18.6. The number of amides is 3. The average Bonchev–Trinajstić information content (AvgIpc) is 4.13. The van der Waals surface area contributed by atoms with E-state index in [0.717, 1.165) is 139 Å². The Bertz CT molecular complexity index is 2630. The lowest BCUT2D eigenvalue weighted by Gasteiger charge is -2.35. The van der Waals surface area contributed by atoms with Crippen LogP contribution in [0, 0.1) is 12.3 Å². The first-order valence-electron chi connectivity index (χ1n) is 26.3. The van der Waals surface area contributed by atoms with Gasteiger partial charge in [0, 0.05) is 42.9 Å². The van der Waals surface area contributed by atoms with Gasteiger partial charge >= 0.3 is 5.97 Å². The highest BCUT2D eigenvalue weighted by Gasteiger charge is 2.44. The SMILES string of the molecule is Cc1ncsc1-c1ccc(CNC(=O)[C@@H]2C[C@@H](O)CN2C(=O)[C@@H](NC(=O)CCCCCCCCCCCOc2ccc3c(-c4ccc(C(=O)OC(C)(C)C)c(C5CCCC5)c4)ncnc3c2)C(C)(C)C)cc1. The third-order valence-corrected chi connectivity index (χ3v) is 14.9. The Labute approximate surface area is 430 Å². The second-order valence-electron chi connectivity index (χ2n) is 21.9. The van der Waals surface area contributed by atoms with Gasteiger partial charge in [-0.2, -0.15) is 0 Å². The summed E-state index contributed by atoms with van der Waals surface area (Å²) in [5.41, 5.74) is 7.92. The lowest BCUT2D eigenvalue weighted by atomic mass is 9.85. The van der Waals surface area contributed by atoms with E-state index in [2.05, 4.69) is 26.7 Å². The minimum absolute atomic E-state index is 0.0405. The summed E-state index contributed by atoms with van der Waals surface area (Å²) in [7, 11) is 0. The molecule has 7 rings (SSSR count). The lowest BCUT2D eigenvalue weighted by Crippen LogP contribution is -2.57. The van der Waals surface area contributed by atoms with Crippen LogP contribution in [0.1, 0.15) is 171 Å². The molecule has 5 aromatic rings. The Morgan fingerprint density at radius 1 is 0.819 bits per heavy atom. The average molecular weight is 1000 g/mol. The number of rotatable bonds is 22. The van der Waals surface area contributed by atoms with E-state index in [0.29, 0.717) is 24.5 Å². The van der Waals surface area contributed by atoms with Gasteiger partial charge < -0.3 is 30.1 Å². The van der Waals surface area contributed by atoms with Gasteiger partial charge in [0.1, 0.15) is 29.8 Å². The predicted molar refractivity (Wildman–Crippen MR) is 285 cm³/mol. The van der Waals surface area contributed by atoms with Crippen LogP contribution in [-0.4, -0.2) is 85.6 Å². The van der Waals surface area contributed by atoms with Crippen LogP contribution in [0.4, 0.5) is 0 Å². The van der Waals surface area contributed by atoms with Gasteiger partial charge in [-0.05, 0) is 106 Å². The molecule has 1 aliphatic heterocycles. The summed E-state index contributed by atoms with van der Waals surface area (Å²) in [6.07, 6.45) is 15.0. The lowest BCUT2D eigenvalue weighted by molar-refractivity contribution is -0.144. The summed E-state index contributed by atoms with van der Waals surface area (Å²) in [6, 6.07) is 18.3. The zero-order valence-electron chi connectivity index (χ0n) is 43.6. The highest BCUT2D eigenvalue weighted by atomic mass is 32.1.